The van der Waals surface area contributed by atoms with Gasteiger partial charge in [0.15, 0.2) is 17.9 Å². The molecular weight excluding hydrogens is 676 g/mol. The van der Waals surface area contributed by atoms with Crippen LogP contribution in [-0.2, 0) is 27.2 Å². The molecule has 14 nitrogen and oxygen atoms in total. The number of carbonyl (C=O) groups excluding carboxylic acids is 4. The van der Waals surface area contributed by atoms with E-state index >= 15 is 0 Å². The van der Waals surface area contributed by atoms with E-state index in [1.54, 1.807) is 10.8 Å². The average molecular weight is 713 g/mol. The third-order valence-electron chi connectivity index (χ3n) is 10.1. The summed E-state index contributed by atoms with van der Waals surface area (Å²) >= 11 is 0. The first-order chi connectivity index (χ1) is 24.9. The number of aliphatic hydroxyl groups is 3. The highest BCUT2D eigenvalue weighted by Gasteiger charge is 2.49. The number of nitrogens with one attached hydrogen (secondary N) is 1. The number of methoxy groups -OCH3 is 1. The minimum atomic E-state index is -2.08. The van der Waals surface area contributed by atoms with Gasteiger partial charge < -0.3 is 49.6 Å². The number of ether oxygens (including phenoxy) is 3. The molecule has 0 spiro atoms. The number of hydrogen-bond acceptors (Lipinski definition) is 13. The van der Waals surface area contributed by atoms with Crippen molar-refractivity contribution < 1.29 is 58.9 Å². The van der Waals surface area contributed by atoms with Gasteiger partial charge in [-0.05, 0) is 19.1 Å². The maximum Gasteiger partial charge on any atom is 0.202 e. The third kappa shape index (κ3) is 5.69. The number of benzene rings is 3. The quantitative estimate of drug-likeness (QED) is 0.0908. The largest absolute Gasteiger partial charge is 0.507 e. The van der Waals surface area contributed by atoms with Gasteiger partial charge in [0.2, 0.25) is 12.1 Å². The zero-order chi connectivity index (χ0) is 37.1. The van der Waals surface area contributed by atoms with Gasteiger partial charge in [-0.1, -0.05) is 30.3 Å². The fraction of sp³-hybridized carbons (Fsp3) is 0.316. The van der Waals surface area contributed by atoms with Crippen molar-refractivity contribution in [2.75, 3.05) is 13.7 Å². The molecule has 0 saturated carbocycles. The van der Waals surface area contributed by atoms with Gasteiger partial charge >= 0.3 is 0 Å². The summed E-state index contributed by atoms with van der Waals surface area (Å²) in [6.45, 7) is 1.31. The second-order valence-corrected chi connectivity index (χ2v) is 13.3. The van der Waals surface area contributed by atoms with Crippen LogP contribution >= 0.6 is 0 Å². The van der Waals surface area contributed by atoms with Gasteiger partial charge in [-0.25, -0.2) is 0 Å². The molecule has 0 radical (unpaired) electrons. The van der Waals surface area contributed by atoms with Gasteiger partial charge in [0, 0.05) is 71.7 Å². The average Bonchev–Trinajstić information content (AvgIpc) is 3.48. The number of carbonyl (C=O) groups is 4. The molecule has 3 aliphatic rings. The van der Waals surface area contributed by atoms with Crippen LogP contribution in [0.3, 0.4) is 0 Å². The predicted octanol–water partition coefficient (Wildman–Crippen LogP) is 3.14. The van der Waals surface area contributed by atoms with E-state index in [0.717, 1.165) is 30.4 Å². The van der Waals surface area contributed by atoms with Crippen LogP contribution in [0.1, 0.15) is 79.2 Å². The Morgan fingerprint density at radius 2 is 1.83 bits per heavy atom. The summed E-state index contributed by atoms with van der Waals surface area (Å²) in [6.07, 6.45) is -0.906. The Kier molecular flexibility index (Phi) is 8.87. The summed E-state index contributed by atoms with van der Waals surface area (Å²) in [5.41, 5.74) is -2.13. The lowest BCUT2D eigenvalue weighted by Gasteiger charge is -2.40. The summed E-state index contributed by atoms with van der Waals surface area (Å²) in [4.78, 5) is 51.9. The Morgan fingerprint density at radius 1 is 1.08 bits per heavy atom. The summed E-state index contributed by atoms with van der Waals surface area (Å²) < 4.78 is 18.9. The number of fused-ring (bicyclic) bond motifs is 4. The highest BCUT2D eigenvalue weighted by atomic mass is 16.7. The van der Waals surface area contributed by atoms with Gasteiger partial charge in [-0.15, -0.1) is 0 Å². The lowest BCUT2D eigenvalue weighted by atomic mass is 9.72. The van der Waals surface area contributed by atoms with Gasteiger partial charge in [0.25, 0.3) is 0 Å². The number of aliphatic hydroxyl groups excluding tert-OH is 2. The number of hydrogen-bond donors (Lipinski definition) is 6. The number of aromatic nitrogens is 1. The number of aromatic hydroxyl groups is 2. The first-order valence-electron chi connectivity index (χ1n) is 16.6. The van der Waals surface area contributed by atoms with Gasteiger partial charge in [0.05, 0.1) is 42.0 Å². The molecule has 2 heterocycles. The molecule has 5 atom stereocenters. The fourth-order valence-corrected chi connectivity index (χ4v) is 7.45. The molecule has 1 aromatic heterocycles. The SMILES string of the molecule is COc1cccc2c1C(=O)c1c(O)c3c(c(O)c1C2=O)CC(O)(C(C)=O)CC3OC1CC(NCC(O)Cn2cc(C=O)c3ccccc32)C(O)=CO1. The number of para-hydroxylation sites is 1. The van der Waals surface area contributed by atoms with Crippen LogP contribution in [-0.4, -0.2) is 91.4 Å². The minimum Gasteiger partial charge on any atom is -0.507 e. The number of ketones is 3. The Morgan fingerprint density at radius 3 is 2.56 bits per heavy atom. The molecule has 0 fully saturated rings. The molecule has 270 valence electrons. The molecule has 1 aliphatic heterocycles. The van der Waals surface area contributed by atoms with Crippen molar-refractivity contribution in [1.29, 1.82) is 0 Å². The van der Waals surface area contributed by atoms with E-state index in [1.807, 2.05) is 24.3 Å². The third-order valence-corrected chi connectivity index (χ3v) is 10.1. The van der Waals surface area contributed by atoms with Crippen LogP contribution in [0.25, 0.3) is 10.9 Å². The molecule has 0 bridgehead atoms. The van der Waals surface area contributed by atoms with Crippen molar-refractivity contribution in [3.8, 4) is 17.2 Å². The van der Waals surface area contributed by atoms with E-state index in [9.17, 15) is 44.7 Å². The second kappa shape index (κ2) is 13.2. The molecule has 5 unspecified atom stereocenters. The zero-order valence-corrected chi connectivity index (χ0v) is 28.2. The van der Waals surface area contributed by atoms with Crippen LogP contribution in [0, 0.1) is 0 Å². The van der Waals surface area contributed by atoms with E-state index in [0.29, 0.717) is 5.56 Å². The molecule has 14 heteroatoms. The monoisotopic (exact) mass is 712 g/mol. The molecule has 7 rings (SSSR count). The maximum atomic E-state index is 13.9. The number of nitrogens with zero attached hydrogens (tertiary/aromatic N) is 1. The first-order valence-corrected chi connectivity index (χ1v) is 16.6. The van der Waals surface area contributed by atoms with Crippen molar-refractivity contribution in [2.45, 2.75) is 62.9 Å². The lowest BCUT2D eigenvalue weighted by molar-refractivity contribution is -0.180. The summed E-state index contributed by atoms with van der Waals surface area (Å²) in [7, 11) is 1.33. The molecule has 52 heavy (non-hydrogen) atoms. The summed E-state index contributed by atoms with van der Waals surface area (Å²) in [6, 6.07) is 10.9. The van der Waals surface area contributed by atoms with Crippen molar-refractivity contribution in [3.05, 3.63) is 99.6 Å². The molecular formula is C38H36N2O12. The molecule has 3 aromatic carbocycles. The van der Waals surface area contributed by atoms with E-state index in [1.165, 1.54) is 25.3 Å². The molecule has 6 N–H and O–H groups in total. The van der Waals surface area contributed by atoms with Crippen molar-refractivity contribution in [2.24, 2.45) is 0 Å². The second-order valence-electron chi connectivity index (χ2n) is 13.3. The Hall–Kier alpha value is -5.54. The standard InChI is InChI=1S/C38H36N2O12/c1-18(42)38(49)11-23-31(37(48)33-32(35(23)46)34(45)22-7-5-9-27(50-2)30(22)36(33)47)28(12-38)52-29-10-24(26(44)17-51-29)39-13-20(43)15-40-14-19(16-41)21-6-3-4-8-25(21)40/h3-9,14,16-17,20,24,28-29,39,43-44,46,48-49H,10-13,15H2,1-2H3. The van der Waals surface area contributed by atoms with Crippen molar-refractivity contribution >= 4 is 34.5 Å². The normalized spacial score (nSPS) is 22.8. The van der Waals surface area contributed by atoms with Crippen LogP contribution in [0.4, 0.5) is 0 Å². The molecule has 2 aliphatic carbocycles. The van der Waals surface area contributed by atoms with Gasteiger partial charge in [-0.3, -0.25) is 19.2 Å². The summed E-state index contributed by atoms with van der Waals surface area (Å²) in [5, 5.41) is 60.1. The number of rotatable bonds is 10. The van der Waals surface area contributed by atoms with E-state index in [4.69, 9.17) is 14.2 Å². The van der Waals surface area contributed by atoms with Crippen LogP contribution < -0.4 is 10.1 Å². The molecule has 4 aromatic rings. The Balaban J connectivity index is 1.15. The van der Waals surface area contributed by atoms with E-state index in [-0.39, 0.29) is 53.3 Å². The van der Waals surface area contributed by atoms with Gasteiger partial charge in [0.1, 0.15) is 34.9 Å². The number of aldehydes is 1. The van der Waals surface area contributed by atoms with E-state index < -0.39 is 83.0 Å². The predicted molar refractivity (Wildman–Crippen MR) is 183 cm³/mol. The van der Waals surface area contributed by atoms with Crippen molar-refractivity contribution in [3.63, 3.8) is 0 Å². The highest BCUT2D eigenvalue weighted by molar-refractivity contribution is 6.31. The Bertz CT molecular complexity index is 2190. The number of Topliss-reactive ketones (excluding diaryl/α,β-unsaturated/α-hetero) is 1. The van der Waals surface area contributed by atoms with Crippen LogP contribution in [0.15, 0.2) is 60.7 Å². The Labute approximate surface area is 296 Å². The number of phenolic OH excluding ortho intramolecular Hbond substituents is 2. The number of phenols is 2. The minimum absolute atomic E-state index is 0.0104. The lowest BCUT2D eigenvalue weighted by Crippen LogP contribution is -2.46. The molecule has 0 saturated heterocycles. The highest BCUT2D eigenvalue weighted by Crippen LogP contribution is 2.52. The first kappa shape index (κ1) is 34.9. The van der Waals surface area contributed by atoms with Crippen LogP contribution in [0.2, 0.25) is 0 Å². The fourth-order valence-electron chi connectivity index (χ4n) is 7.45. The zero-order valence-electron chi connectivity index (χ0n) is 28.2. The van der Waals surface area contributed by atoms with E-state index in [2.05, 4.69) is 5.32 Å². The molecule has 0 amide bonds. The van der Waals surface area contributed by atoms with Crippen LogP contribution in [0.5, 0.6) is 17.2 Å². The van der Waals surface area contributed by atoms with Gasteiger partial charge in [-0.2, -0.15) is 0 Å². The smallest absolute Gasteiger partial charge is 0.202 e. The topological polar surface area (TPSA) is 214 Å². The van der Waals surface area contributed by atoms with Crippen molar-refractivity contribution in [1.82, 2.24) is 9.88 Å². The maximum absolute atomic E-state index is 13.9. The summed E-state index contributed by atoms with van der Waals surface area (Å²) in [5.74, 6) is -3.62.